The molecule has 25 heavy (non-hydrogen) atoms. The van der Waals surface area contributed by atoms with Gasteiger partial charge < -0.3 is 14.7 Å². The Kier molecular flexibility index (Phi) is 4.90. The third kappa shape index (κ3) is 3.18. The number of piperidine rings is 1. The van der Waals surface area contributed by atoms with Crippen molar-refractivity contribution in [3.63, 3.8) is 0 Å². The Balaban J connectivity index is 2.19. The van der Waals surface area contributed by atoms with Crippen molar-refractivity contribution < 1.29 is 19.4 Å². The number of nitrogens with zero attached hydrogens (tertiary/aromatic N) is 2. The van der Waals surface area contributed by atoms with Gasteiger partial charge in [0, 0.05) is 24.2 Å². The van der Waals surface area contributed by atoms with Crippen molar-refractivity contribution in [2.75, 3.05) is 20.2 Å². The van der Waals surface area contributed by atoms with E-state index in [1.807, 2.05) is 4.90 Å². The van der Waals surface area contributed by atoms with Crippen LogP contribution in [0, 0.1) is 6.92 Å². The number of halogens is 1. The number of likely N-dealkylation sites (tertiary alicyclic amines) is 1. The summed E-state index contributed by atoms with van der Waals surface area (Å²) in [6.07, 6.45) is 2.94. The Morgan fingerprint density at radius 2 is 1.92 bits per heavy atom. The lowest BCUT2D eigenvalue weighted by atomic mass is 10.1. The minimum atomic E-state index is -0.943. The van der Waals surface area contributed by atoms with E-state index in [-0.39, 0.29) is 12.5 Å². The van der Waals surface area contributed by atoms with Crippen molar-refractivity contribution in [2.24, 2.45) is 0 Å². The molecule has 0 radical (unpaired) electrons. The molecular formula is C18H21ClN2O4. The molecule has 2 aromatic rings. The number of carbonyl (C=O) groups excluding carboxylic acids is 1. The zero-order chi connectivity index (χ0) is 18.1. The van der Waals surface area contributed by atoms with Crippen molar-refractivity contribution in [3.8, 4) is 5.75 Å². The Morgan fingerprint density at radius 3 is 2.52 bits per heavy atom. The molecule has 0 atom stereocenters. The normalized spacial score (nSPS) is 14.8. The fourth-order valence-corrected chi connectivity index (χ4v) is 3.72. The summed E-state index contributed by atoms with van der Waals surface area (Å²) in [5, 5.41) is 10.3. The number of rotatable bonds is 3. The molecule has 0 saturated carbocycles. The van der Waals surface area contributed by atoms with Gasteiger partial charge in [-0.1, -0.05) is 11.6 Å². The zero-order valence-electron chi connectivity index (χ0n) is 14.3. The molecule has 1 fully saturated rings. The summed E-state index contributed by atoms with van der Waals surface area (Å²) in [6, 6.07) is 3.26. The van der Waals surface area contributed by atoms with Gasteiger partial charge in [0.1, 0.15) is 5.75 Å². The number of carboxylic acid groups (broad SMARTS) is 1. The number of aromatic nitrogens is 1. The predicted octanol–water partition coefficient (Wildman–Crippen LogP) is 3.69. The predicted molar refractivity (Wildman–Crippen MR) is 95.8 cm³/mol. The lowest BCUT2D eigenvalue weighted by molar-refractivity contribution is -0.136. The molecule has 1 N–H and O–H groups in total. The van der Waals surface area contributed by atoms with Crippen molar-refractivity contribution in [1.29, 1.82) is 0 Å². The number of hydrogen-bond acceptors (Lipinski definition) is 3. The van der Waals surface area contributed by atoms with Crippen LogP contribution in [0.2, 0.25) is 5.02 Å². The molecule has 2 heterocycles. The Labute approximate surface area is 150 Å². The molecule has 1 aromatic heterocycles. The number of methoxy groups -OCH3 is 1. The topological polar surface area (TPSA) is 71.8 Å². The zero-order valence-corrected chi connectivity index (χ0v) is 15.1. The summed E-state index contributed by atoms with van der Waals surface area (Å²) >= 11 is 6.25. The molecule has 7 heteroatoms. The summed E-state index contributed by atoms with van der Waals surface area (Å²) in [5.74, 6) is -0.482. The second kappa shape index (κ2) is 6.96. The van der Waals surface area contributed by atoms with Crippen LogP contribution in [0.4, 0.5) is 4.79 Å². The fraction of sp³-hybridized carbons (Fsp3) is 0.444. The van der Waals surface area contributed by atoms with E-state index < -0.39 is 5.97 Å². The van der Waals surface area contributed by atoms with E-state index in [9.17, 15) is 14.7 Å². The molecule has 134 valence electrons. The maximum atomic E-state index is 13.1. The monoisotopic (exact) mass is 364 g/mol. The fourth-order valence-electron chi connectivity index (χ4n) is 3.48. The number of benzene rings is 1. The minimum absolute atomic E-state index is 0.125. The standard InChI is InChI=1S/C18H21ClN2O4/c1-11-12(9-17(22)23)13-8-16(25-2)14(19)10-15(13)21(11)18(24)20-6-4-3-5-7-20/h8,10H,3-7,9H2,1-2H3,(H,22,23). The maximum Gasteiger partial charge on any atom is 0.328 e. The van der Waals surface area contributed by atoms with Crippen LogP contribution in [0.3, 0.4) is 0 Å². The summed E-state index contributed by atoms with van der Waals surface area (Å²) in [6.45, 7) is 3.21. The van der Waals surface area contributed by atoms with Crippen LogP contribution in [0.15, 0.2) is 12.1 Å². The lowest BCUT2D eigenvalue weighted by Crippen LogP contribution is -2.38. The average molecular weight is 365 g/mol. The van der Waals surface area contributed by atoms with Crippen LogP contribution in [0.25, 0.3) is 10.9 Å². The third-order valence-electron chi connectivity index (χ3n) is 4.75. The van der Waals surface area contributed by atoms with E-state index in [0.29, 0.717) is 32.9 Å². The second-order valence-corrected chi connectivity index (χ2v) is 6.71. The summed E-state index contributed by atoms with van der Waals surface area (Å²) in [7, 11) is 1.51. The molecule has 1 saturated heterocycles. The maximum absolute atomic E-state index is 13.1. The highest BCUT2D eigenvalue weighted by Crippen LogP contribution is 2.35. The van der Waals surface area contributed by atoms with Crippen molar-refractivity contribution in [2.45, 2.75) is 32.6 Å². The Bertz CT molecular complexity index is 837. The van der Waals surface area contributed by atoms with Crippen LogP contribution < -0.4 is 4.74 Å². The number of carboxylic acids is 1. The molecule has 1 amide bonds. The van der Waals surface area contributed by atoms with Gasteiger partial charge in [0.05, 0.1) is 24.1 Å². The first kappa shape index (κ1) is 17.6. The Morgan fingerprint density at radius 1 is 1.24 bits per heavy atom. The van der Waals surface area contributed by atoms with Gasteiger partial charge in [0.25, 0.3) is 0 Å². The molecular weight excluding hydrogens is 344 g/mol. The van der Waals surface area contributed by atoms with Crippen molar-refractivity contribution in [3.05, 3.63) is 28.4 Å². The van der Waals surface area contributed by atoms with Gasteiger partial charge in [-0.2, -0.15) is 0 Å². The first-order valence-corrected chi connectivity index (χ1v) is 8.70. The van der Waals surface area contributed by atoms with Gasteiger partial charge in [0.2, 0.25) is 0 Å². The molecule has 0 bridgehead atoms. The molecule has 3 rings (SSSR count). The second-order valence-electron chi connectivity index (χ2n) is 6.30. The number of aliphatic carboxylic acids is 1. The number of ether oxygens (including phenoxy) is 1. The highest BCUT2D eigenvalue weighted by Gasteiger charge is 2.25. The van der Waals surface area contributed by atoms with E-state index >= 15 is 0 Å². The van der Waals surface area contributed by atoms with Crippen LogP contribution in [-0.4, -0.2) is 46.8 Å². The minimum Gasteiger partial charge on any atom is -0.495 e. The molecule has 6 nitrogen and oxygen atoms in total. The van der Waals surface area contributed by atoms with Crippen LogP contribution >= 0.6 is 11.6 Å². The van der Waals surface area contributed by atoms with Gasteiger partial charge >= 0.3 is 12.0 Å². The number of carbonyl (C=O) groups is 2. The van der Waals surface area contributed by atoms with Gasteiger partial charge in [0.15, 0.2) is 0 Å². The largest absolute Gasteiger partial charge is 0.495 e. The third-order valence-corrected chi connectivity index (χ3v) is 5.05. The number of hydrogen-bond donors (Lipinski definition) is 1. The van der Waals surface area contributed by atoms with Gasteiger partial charge in [-0.3, -0.25) is 9.36 Å². The quantitative estimate of drug-likeness (QED) is 0.901. The molecule has 1 aliphatic rings. The van der Waals surface area contributed by atoms with Crippen molar-refractivity contribution >= 4 is 34.5 Å². The first-order chi connectivity index (χ1) is 11.9. The van der Waals surface area contributed by atoms with Crippen molar-refractivity contribution in [1.82, 2.24) is 9.47 Å². The molecule has 1 aromatic carbocycles. The smallest absolute Gasteiger partial charge is 0.328 e. The molecule has 0 spiro atoms. The number of amides is 1. The highest BCUT2D eigenvalue weighted by molar-refractivity contribution is 6.33. The van der Waals surface area contributed by atoms with Gasteiger partial charge in [-0.05, 0) is 43.9 Å². The molecule has 1 aliphatic heterocycles. The van der Waals surface area contributed by atoms with Gasteiger partial charge in [-0.25, -0.2) is 4.79 Å². The van der Waals surface area contributed by atoms with Crippen LogP contribution in [0.1, 0.15) is 30.5 Å². The van der Waals surface area contributed by atoms with E-state index in [1.54, 1.807) is 23.6 Å². The number of fused-ring (bicyclic) bond motifs is 1. The van der Waals surface area contributed by atoms with Crippen LogP contribution in [0.5, 0.6) is 5.75 Å². The highest BCUT2D eigenvalue weighted by atomic mass is 35.5. The first-order valence-electron chi connectivity index (χ1n) is 8.32. The lowest BCUT2D eigenvalue weighted by Gasteiger charge is -2.27. The van der Waals surface area contributed by atoms with Crippen LogP contribution in [-0.2, 0) is 11.2 Å². The SMILES string of the molecule is COc1cc2c(CC(=O)O)c(C)n(C(=O)N3CCCCC3)c2cc1Cl. The molecule has 0 aliphatic carbocycles. The van der Waals surface area contributed by atoms with E-state index in [0.717, 1.165) is 32.4 Å². The summed E-state index contributed by atoms with van der Waals surface area (Å²) in [5.41, 5.74) is 1.87. The van der Waals surface area contributed by atoms with E-state index in [2.05, 4.69) is 0 Å². The molecule has 0 unspecified atom stereocenters. The van der Waals surface area contributed by atoms with E-state index in [1.165, 1.54) is 7.11 Å². The summed E-state index contributed by atoms with van der Waals surface area (Å²) < 4.78 is 6.84. The average Bonchev–Trinajstić information content (AvgIpc) is 2.85. The Hall–Kier alpha value is -2.21. The van der Waals surface area contributed by atoms with E-state index in [4.69, 9.17) is 16.3 Å². The van der Waals surface area contributed by atoms with Gasteiger partial charge in [-0.15, -0.1) is 0 Å². The summed E-state index contributed by atoms with van der Waals surface area (Å²) in [4.78, 5) is 26.2.